The number of rotatable bonds is 3. The first kappa shape index (κ1) is 15.4. The third-order valence-electron chi connectivity index (χ3n) is 3.70. The lowest BCUT2D eigenvalue weighted by Crippen LogP contribution is -2.45. The van der Waals surface area contributed by atoms with E-state index in [1.807, 2.05) is 0 Å². The van der Waals surface area contributed by atoms with Crippen molar-refractivity contribution in [3.63, 3.8) is 0 Å². The van der Waals surface area contributed by atoms with Crippen LogP contribution in [-0.4, -0.2) is 36.5 Å². The molecule has 0 bridgehead atoms. The monoisotopic (exact) mass is 297 g/mol. The van der Waals surface area contributed by atoms with E-state index in [0.717, 1.165) is 18.9 Å². The fourth-order valence-corrected chi connectivity index (χ4v) is 2.58. The quantitative estimate of drug-likeness (QED) is 0.805. The maximum atomic E-state index is 13.7. The van der Waals surface area contributed by atoms with Crippen molar-refractivity contribution in [3.8, 4) is 0 Å². The maximum absolute atomic E-state index is 13.7. The van der Waals surface area contributed by atoms with Gasteiger partial charge >= 0.3 is 5.97 Å². The van der Waals surface area contributed by atoms with Gasteiger partial charge in [0.2, 0.25) is 0 Å². The Morgan fingerprint density at radius 2 is 2.10 bits per heavy atom. The predicted octanol–water partition coefficient (Wildman–Crippen LogP) is 2.52. The summed E-state index contributed by atoms with van der Waals surface area (Å²) >= 11 is 0. The summed E-state index contributed by atoms with van der Waals surface area (Å²) in [5.74, 6) is -3.20. The van der Waals surface area contributed by atoms with E-state index in [1.165, 1.54) is 24.1 Å². The topological polar surface area (TPSA) is 46.6 Å². The van der Waals surface area contributed by atoms with Gasteiger partial charge in [-0.25, -0.2) is 8.78 Å². The van der Waals surface area contributed by atoms with E-state index in [2.05, 4.69) is 4.74 Å². The minimum atomic E-state index is -1.15. The summed E-state index contributed by atoms with van der Waals surface area (Å²) in [4.78, 5) is 25.3. The molecule has 1 unspecified atom stereocenters. The minimum absolute atomic E-state index is 0.0686. The number of amides is 1. The highest BCUT2D eigenvalue weighted by Crippen LogP contribution is 2.23. The molecule has 1 heterocycles. The molecule has 1 fully saturated rings. The first-order valence-corrected chi connectivity index (χ1v) is 6.86. The number of hydrogen-bond donors (Lipinski definition) is 0. The Morgan fingerprint density at radius 1 is 1.33 bits per heavy atom. The van der Waals surface area contributed by atoms with Crippen LogP contribution < -0.4 is 0 Å². The van der Waals surface area contributed by atoms with Gasteiger partial charge in [-0.05, 0) is 31.4 Å². The second-order valence-electron chi connectivity index (χ2n) is 5.03. The standard InChI is InChI=1S/C15H17F2NO3/c1-21-13(19)9-10-5-2-3-8-18(10)15(20)11-6-4-7-12(16)14(11)17/h4,6-7,10H,2-3,5,8-9H2,1H3. The number of esters is 1. The summed E-state index contributed by atoms with van der Waals surface area (Å²) in [6.45, 7) is 0.427. The van der Waals surface area contributed by atoms with Gasteiger partial charge in [-0.1, -0.05) is 6.07 Å². The molecule has 1 atom stereocenters. The Balaban J connectivity index is 2.22. The number of benzene rings is 1. The number of methoxy groups -OCH3 is 1. The molecule has 21 heavy (non-hydrogen) atoms. The molecule has 0 aliphatic carbocycles. The van der Waals surface area contributed by atoms with E-state index in [0.29, 0.717) is 13.0 Å². The molecule has 0 radical (unpaired) electrons. The number of piperidine rings is 1. The van der Waals surface area contributed by atoms with Crippen molar-refractivity contribution >= 4 is 11.9 Å². The van der Waals surface area contributed by atoms with Gasteiger partial charge in [0.1, 0.15) is 0 Å². The van der Waals surface area contributed by atoms with E-state index in [1.54, 1.807) is 0 Å². The van der Waals surface area contributed by atoms with Crippen LogP contribution in [0.2, 0.25) is 0 Å². The van der Waals surface area contributed by atoms with Crippen LogP contribution in [0.15, 0.2) is 18.2 Å². The molecule has 0 spiro atoms. The molecule has 6 heteroatoms. The van der Waals surface area contributed by atoms with Crippen molar-refractivity contribution in [3.05, 3.63) is 35.4 Å². The van der Waals surface area contributed by atoms with Crippen LogP contribution in [0.5, 0.6) is 0 Å². The molecule has 1 saturated heterocycles. The molecule has 0 N–H and O–H groups in total. The maximum Gasteiger partial charge on any atom is 0.307 e. The average Bonchev–Trinajstić information content (AvgIpc) is 2.50. The van der Waals surface area contributed by atoms with Crippen molar-refractivity contribution in [2.24, 2.45) is 0 Å². The van der Waals surface area contributed by atoms with E-state index in [9.17, 15) is 18.4 Å². The van der Waals surface area contributed by atoms with Gasteiger partial charge in [-0.3, -0.25) is 9.59 Å². The molecule has 4 nitrogen and oxygen atoms in total. The Morgan fingerprint density at radius 3 is 2.81 bits per heavy atom. The largest absolute Gasteiger partial charge is 0.469 e. The highest BCUT2D eigenvalue weighted by Gasteiger charge is 2.31. The number of likely N-dealkylation sites (tertiary alicyclic amines) is 1. The van der Waals surface area contributed by atoms with Crippen molar-refractivity contribution in [2.45, 2.75) is 31.7 Å². The molecule has 1 aliphatic heterocycles. The third-order valence-corrected chi connectivity index (χ3v) is 3.70. The molecule has 1 aliphatic rings. The fourth-order valence-electron chi connectivity index (χ4n) is 2.58. The average molecular weight is 297 g/mol. The van der Waals surface area contributed by atoms with E-state index in [-0.39, 0.29) is 18.0 Å². The third kappa shape index (κ3) is 3.37. The van der Waals surface area contributed by atoms with Crippen molar-refractivity contribution < 1.29 is 23.1 Å². The minimum Gasteiger partial charge on any atom is -0.469 e. The normalized spacial score (nSPS) is 18.4. The Bertz CT molecular complexity index is 548. The molecule has 2 rings (SSSR count). The van der Waals surface area contributed by atoms with Crippen LogP contribution in [0.4, 0.5) is 8.78 Å². The fraction of sp³-hybridized carbons (Fsp3) is 0.467. The predicted molar refractivity (Wildman–Crippen MR) is 71.7 cm³/mol. The van der Waals surface area contributed by atoms with Gasteiger partial charge in [-0.2, -0.15) is 0 Å². The number of carbonyl (C=O) groups is 2. The smallest absolute Gasteiger partial charge is 0.307 e. The highest BCUT2D eigenvalue weighted by molar-refractivity contribution is 5.95. The molecule has 1 aromatic rings. The summed E-state index contributed by atoms with van der Waals surface area (Å²) in [7, 11) is 1.28. The van der Waals surface area contributed by atoms with Gasteiger partial charge < -0.3 is 9.64 Å². The zero-order chi connectivity index (χ0) is 15.4. The lowest BCUT2D eigenvalue weighted by Gasteiger charge is -2.35. The summed E-state index contributed by atoms with van der Waals surface area (Å²) < 4.78 is 31.6. The molecule has 1 aromatic carbocycles. The van der Waals surface area contributed by atoms with E-state index >= 15 is 0 Å². The van der Waals surface area contributed by atoms with Crippen molar-refractivity contribution in [1.29, 1.82) is 0 Å². The van der Waals surface area contributed by atoms with Crippen LogP contribution in [0.1, 0.15) is 36.0 Å². The van der Waals surface area contributed by atoms with Gasteiger partial charge in [0, 0.05) is 12.6 Å². The van der Waals surface area contributed by atoms with Crippen LogP contribution in [0, 0.1) is 11.6 Å². The van der Waals surface area contributed by atoms with E-state index in [4.69, 9.17) is 0 Å². The summed E-state index contributed by atoms with van der Waals surface area (Å²) in [5, 5.41) is 0. The summed E-state index contributed by atoms with van der Waals surface area (Å²) in [5.41, 5.74) is -0.299. The van der Waals surface area contributed by atoms with Crippen LogP contribution in [0.25, 0.3) is 0 Å². The Labute approximate surface area is 121 Å². The molecule has 0 aromatic heterocycles. The summed E-state index contributed by atoms with van der Waals surface area (Å²) in [6.07, 6.45) is 2.38. The SMILES string of the molecule is COC(=O)CC1CCCCN1C(=O)c1cccc(F)c1F. The Hall–Kier alpha value is -1.98. The zero-order valence-corrected chi connectivity index (χ0v) is 11.8. The van der Waals surface area contributed by atoms with Crippen molar-refractivity contribution in [2.75, 3.05) is 13.7 Å². The molecule has 1 amide bonds. The van der Waals surface area contributed by atoms with E-state index < -0.39 is 23.5 Å². The van der Waals surface area contributed by atoms with Gasteiger partial charge in [0.15, 0.2) is 11.6 Å². The van der Waals surface area contributed by atoms with Crippen LogP contribution in [-0.2, 0) is 9.53 Å². The molecular weight excluding hydrogens is 280 g/mol. The lowest BCUT2D eigenvalue weighted by molar-refractivity contribution is -0.142. The first-order valence-electron chi connectivity index (χ1n) is 6.86. The zero-order valence-electron chi connectivity index (χ0n) is 11.8. The second kappa shape index (κ2) is 6.65. The molecular formula is C15H17F2NO3. The van der Waals surface area contributed by atoms with Gasteiger partial charge in [-0.15, -0.1) is 0 Å². The number of halogens is 2. The van der Waals surface area contributed by atoms with Gasteiger partial charge in [0.05, 0.1) is 19.1 Å². The molecule has 114 valence electrons. The number of carbonyl (C=O) groups excluding carboxylic acids is 2. The highest BCUT2D eigenvalue weighted by atomic mass is 19.2. The van der Waals surface area contributed by atoms with Crippen LogP contribution in [0.3, 0.4) is 0 Å². The Kier molecular flexibility index (Phi) is 4.88. The lowest BCUT2D eigenvalue weighted by atomic mass is 9.98. The number of nitrogens with zero attached hydrogens (tertiary/aromatic N) is 1. The second-order valence-corrected chi connectivity index (χ2v) is 5.03. The van der Waals surface area contributed by atoms with Crippen molar-refractivity contribution in [1.82, 2.24) is 4.90 Å². The number of hydrogen-bond acceptors (Lipinski definition) is 3. The summed E-state index contributed by atoms with van der Waals surface area (Å²) in [6, 6.07) is 3.19. The van der Waals surface area contributed by atoms with Crippen LogP contribution >= 0.6 is 0 Å². The number of ether oxygens (including phenoxy) is 1. The first-order chi connectivity index (χ1) is 10.0. The molecule has 0 saturated carbocycles. The van der Waals surface area contributed by atoms with Gasteiger partial charge in [0.25, 0.3) is 5.91 Å².